The predicted octanol–water partition coefficient (Wildman–Crippen LogP) is 1.99. The zero-order valence-electron chi connectivity index (χ0n) is 14.4. The molecule has 2 aliphatic heterocycles. The Labute approximate surface area is 148 Å². The third kappa shape index (κ3) is 3.94. The average Bonchev–Trinajstić information content (AvgIpc) is 2.64. The van der Waals surface area contributed by atoms with Crippen molar-refractivity contribution in [3.63, 3.8) is 0 Å². The van der Waals surface area contributed by atoms with Crippen molar-refractivity contribution in [2.75, 3.05) is 13.3 Å². The molecule has 2 fully saturated rings. The highest BCUT2D eigenvalue weighted by molar-refractivity contribution is 7.55. The van der Waals surface area contributed by atoms with E-state index >= 15 is 0 Å². The van der Waals surface area contributed by atoms with E-state index in [1.54, 1.807) is 24.3 Å². The molecule has 0 aromatic heterocycles. The minimum absolute atomic E-state index is 0.338. The van der Waals surface area contributed by atoms with Crippen LogP contribution in [0.1, 0.15) is 23.7 Å². The highest BCUT2D eigenvalue weighted by Gasteiger charge is 2.51. The van der Waals surface area contributed by atoms with Gasteiger partial charge >= 0.3 is 12.0 Å². The number of esters is 1. The van der Waals surface area contributed by atoms with Gasteiger partial charge in [0, 0.05) is 0 Å². The highest BCUT2D eigenvalue weighted by atomic mass is 31.1. The van der Waals surface area contributed by atoms with Crippen molar-refractivity contribution in [3.05, 3.63) is 35.9 Å². The fraction of sp³-hybridized carbons (Fsp3) is 0.556. The molecule has 0 aliphatic carbocycles. The van der Waals surface area contributed by atoms with Crippen LogP contribution in [0.15, 0.2) is 30.3 Å². The highest BCUT2D eigenvalue weighted by Crippen LogP contribution is 2.36. The van der Waals surface area contributed by atoms with Crippen molar-refractivity contribution in [1.29, 1.82) is 0 Å². The van der Waals surface area contributed by atoms with Crippen molar-refractivity contribution in [2.24, 2.45) is 0 Å². The molecule has 2 saturated heterocycles. The Morgan fingerprint density at radius 2 is 2.08 bits per heavy atom. The number of benzene rings is 1. The second kappa shape index (κ2) is 7.94. The molecule has 7 atom stereocenters. The van der Waals surface area contributed by atoms with Crippen molar-refractivity contribution in [3.8, 4) is 0 Å². The molecule has 1 aromatic carbocycles. The van der Waals surface area contributed by atoms with Crippen LogP contribution in [0, 0.1) is 0 Å². The zero-order chi connectivity index (χ0) is 18.0. The normalized spacial score (nSPS) is 35.6. The molecule has 1 N–H and O–H groups in total. The van der Waals surface area contributed by atoms with E-state index in [9.17, 15) is 9.90 Å². The summed E-state index contributed by atoms with van der Waals surface area (Å²) in [5.74, 6) is -0.483. The van der Waals surface area contributed by atoms with Crippen molar-refractivity contribution < 1.29 is 28.8 Å². The van der Waals surface area contributed by atoms with Crippen LogP contribution >= 0.6 is 7.55 Å². The summed E-state index contributed by atoms with van der Waals surface area (Å²) in [7, 11) is -0.721. The summed E-state index contributed by atoms with van der Waals surface area (Å²) in [6, 6.07) is 8.26. The van der Waals surface area contributed by atoms with Gasteiger partial charge in [-0.05, 0) is 18.6 Å². The Balaban J connectivity index is 1.75. The smallest absolute Gasteiger partial charge is 0.338 e. The van der Waals surface area contributed by atoms with Gasteiger partial charge in [-0.1, -0.05) is 25.1 Å². The van der Waals surface area contributed by atoms with E-state index in [0.29, 0.717) is 18.6 Å². The number of aliphatic hydroxyl groups is 1. The summed E-state index contributed by atoms with van der Waals surface area (Å²) in [5.41, 5.74) is 0.437. The van der Waals surface area contributed by atoms with Crippen LogP contribution in [-0.4, -0.2) is 67.2 Å². The van der Waals surface area contributed by atoms with Crippen LogP contribution in [0.25, 0.3) is 0 Å². The van der Waals surface area contributed by atoms with E-state index in [1.165, 1.54) is 0 Å². The van der Waals surface area contributed by atoms with E-state index in [1.807, 2.05) is 19.7 Å². The lowest BCUT2D eigenvalue weighted by molar-refractivity contribution is -0.304. The molecule has 25 heavy (non-hydrogen) atoms. The molecular formula is C18H24O6P+. The standard InChI is InChI=1S/C18H24O6P/c1-4-12-15(23-17(20)11-8-6-5-7-9-11)14(19)16-13(22-12)10-21-18(24-16)25(2)3/h5-9,12-16,18-19H,2,4,10H2,1,3H3/q+1. The molecule has 0 amide bonds. The number of hydrogen-bond donors (Lipinski definition) is 1. The van der Waals surface area contributed by atoms with Gasteiger partial charge in [-0.25, -0.2) is 4.79 Å². The summed E-state index contributed by atoms with van der Waals surface area (Å²) < 4.78 is 23.1. The minimum atomic E-state index is -0.974. The molecule has 7 unspecified atom stereocenters. The molecule has 1 aromatic rings. The van der Waals surface area contributed by atoms with E-state index in [-0.39, 0.29) is 6.10 Å². The molecule has 0 spiro atoms. The summed E-state index contributed by atoms with van der Waals surface area (Å²) in [5, 5.41) is 10.8. The van der Waals surface area contributed by atoms with Gasteiger partial charge in [0.1, 0.15) is 32.5 Å². The first kappa shape index (κ1) is 18.5. The zero-order valence-corrected chi connectivity index (χ0v) is 15.3. The lowest BCUT2D eigenvalue weighted by atomic mass is 9.93. The number of aliphatic hydroxyl groups excluding tert-OH is 1. The topological polar surface area (TPSA) is 74.2 Å². The van der Waals surface area contributed by atoms with Gasteiger partial charge in [-0.15, -0.1) is 0 Å². The molecule has 6 nitrogen and oxygen atoms in total. The van der Waals surface area contributed by atoms with Gasteiger partial charge in [-0.3, -0.25) is 0 Å². The third-order valence-electron chi connectivity index (χ3n) is 4.45. The van der Waals surface area contributed by atoms with E-state index in [4.69, 9.17) is 18.9 Å². The Kier molecular flexibility index (Phi) is 5.87. The Hall–Kier alpha value is -1.30. The van der Waals surface area contributed by atoms with Crippen molar-refractivity contribution >= 4 is 19.8 Å². The quantitative estimate of drug-likeness (QED) is 0.648. The number of carbonyl (C=O) groups excluding carboxylic acids is 1. The molecular weight excluding hydrogens is 343 g/mol. The van der Waals surface area contributed by atoms with Crippen molar-refractivity contribution in [1.82, 2.24) is 0 Å². The van der Waals surface area contributed by atoms with Crippen LogP contribution in [0.4, 0.5) is 0 Å². The number of ether oxygens (including phenoxy) is 4. The summed E-state index contributed by atoms with van der Waals surface area (Å²) >= 11 is 0. The number of fused-ring (bicyclic) bond motifs is 1. The molecule has 0 saturated carbocycles. The molecule has 3 rings (SSSR count). The largest absolute Gasteiger partial charge is 0.453 e. The first-order valence-corrected chi connectivity index (χ1v) is 10.5. The molecule has 136 valence electrons. The van der Waals surface area contributed by atoms with Crippen LogP contribution in [0.3, 0.4) is 0 Å². The Morgan fingerprint density at radius 1 is 1.36 bits per heavy atom. The number of rotatable bonds is 4. The van der Waals surface area contributed by atoms with Crippen molar-refractivity contribution in [2.45, 2.75) is 49.9 Å². The Bertz CT molecular complexity index is 621. The van der Waals surface area contributed by atoms with Crippen LogP contribution in [0.5, 0.6) is 0 Å². The van der Waals surface area contributed by atoms with Crippen LogP contribution in [0.2, 0.25) is 0 Å². The van der Waals surface area contributed by atoms with E-state index in [2.05, 4.69) is 6.30 Å². The molecule has 2 aliphatic rings. The number of carbonyl (C=O) groups is 1. The number of hydrogen-bond acceptors (Lipinski definition) is 6. The first-order chi connectivity index (χ1) is 12.0. The summed E-state index contributed by atoms with van der Waals surface area (Å²) in [6.45, 7) is 4.21. The average molecular weight is 367 g/mol. The lowest BCUT2D eigenvalue weighted by Gasteiger charge is -2.46. The fourth-order valence-corrected chi connectivity index (χ4v) is 3.82. The lowest BCUT2D eigenvalue weighted by Crippen LogP contribution is -2.63. The van der Waals surface area contributed by atoms with Crippen LogP contribution in [-0.2, 0) is 18.9 Å². The van der Waals surface area contributed by atoms with Gasteiger partial charge < -0.3 is 24.1 Å². The monoisotopic (exact) mass is 367 g/mol. The van der Waals surface area contributed by atoms with Gasteiger partial charge in [-0.2, -0.15) is 0 Å². The maximum absolute atomic E-state index is 12.4. The first-order valence-electron chi connectivity index (χ1n) is 8.41. The maximum Gasteiger partial charge on any atom is 0.338 e. The maximum atomic E-state index is 12.4. The molecule has 7 heteroatoms. The molecule has 0 bridgehead atoms. The summed E-state index contributed by atoms with van der Waals surface area (Å²) in [6.07, 6.45) is 1.43. The predicted molar refractivity (Wildman–Crippen MR) is 95.2 cm³/mol. The van der Waals surface area contributed by atoms with Gasteiger partial charge in [0.2, 0.25) is 0 Å². The van der Waals surface area contributed by atoms with Gasteiger partial charge in [0.25, 0.3) is 0 Å². The second-order valence-electron chi connectivity index (χ2n) is 6.35. The second-order valence-corrected chi connectivity index (χ2v) is 8.28. The molecule has 2 heterocycles. The third-order valence-corrected chi connectivity index (χ3v) is 5.44. The van der Waals surface area contributed by atoms with E-state index < -0.39 is 44.0 Å². The summed E-state index contributed by atoms with van der Waals surface area (Å²) in [4.78, 5) is 12.4. The van der Waals surface area contributed by atoms with Gasteiger partial charge in [0.15, 0.2) is 6.10 Å². The SMILES string of the molecule is C=[P+](C)C1OCC2OC(CC)C(OC(=O)c3ccccc3)C(O)C2O1. The van der Waals surface area contributed by atoms with Gasteiger partial charge in [0.05, 0.1) is 24.6 Å². The molecule has 0 radical (unpaired) electrons. The fourth-order valence-electron chi connectivity index (χ4n) is 3.13. The minimum Gasteiger partial charge on any atom is -0.453 e. The Morgan fingerprint density at radius 3 is 2.72 bits per heavy atom. The van der Waals surface area contributed by atoms with E-state index in [0.717, 1.165) is 0 Å². The van der Waals surface area contributed by atoms with Crippen LogP contribution < -0.4 is 0 Å².